The summed E-state index contributed by atoms with van der Waals surface area (Å²) in [5.41, 5.74) is 3.21. The number of carbonyl (C=O) groups is 2. The first-order valence-electron chi connectivity index (χ1n) is 9.64. The van der Waals surface area contributed by atoms with Crippen LogP contribution in [0.15, 0.2) is 48.5 Å². The molecule has 0 aliphatic heterocycles. The normalized spacial score (nSPS) is 12.2. The third-order valence-corrected chi connectivity index (χ3v) is 6.21. The maximum absolute atomic E-state index is 13.2. The monoisotopic (exact) mass is 431 g/mol. The lowest BCUT2D eigenvalue weighted by atomic mass is 10.1. The van der Waals surface area contributed by atoms with Crippen LogP contribution < -0.4 is 9.62 Å². The minimum Gasteiger partial charge on any atom is -0.357 e. The second-order valence-electron chi connectivity index (χ2n) is 7.34. The highest BCUT2D eigenvalue weighted by Gasteiger charge is 2.29. The molecule has 0 unspecified atom stereocenters. The molecule has 8 heteroatoms. The quantitative estimate of drug-likeness (QED) is 0.694. The molecule has 30 heavy (non-hydrogen) atoms. The van der Waals surface area contributed by atoms with Crippen LogP contribution >= 0.6 is 0 Å². The van der Waals surface area contributed by atoms with Crippen LogP contribution in [0.4, 0.5) is 5.69 Å². The summed E-state index contributed by atoms with van der Waals surface area (Å²) >= 11 is 0. The average molecular weight is 432 g/mol. The molecule has 2 rings (SSSR count). The van der Waals surface area contributed by atoms with E-state index in [0.29, 0.717) is 5.69 Å². The summed E-state index contributed by atoms with van der Waals surface area (Å²) < 4.78 is 26.0. The fourth-order valence-corrected chi connectivity index (χ4v) is 3.91. The van der Waals surface area contributed by atoms with E-state index in [4.69, 9.17) is 0 Å². The van der Waals surface area contributed by atoms with Crippen LogP contribution in [-0.4, -0.2) is 51.0 Å². The Kier molecular flexibility index (Phi) is 7.61. The topological polar surface area (TPSA) is 86.8 Å². The van der Waals surface area contributed by atoms with Crippen molar-refractivity contribution < 1.29 is 18.0 Å². The van der Waals surface area contributed by atoms with E-state index >= 15 is 0 Å². The van der Waals surface area contributed by atoms with E-state index in [1.54, 1.807) is 19.1 Å². The zero-order valence-electron chi connectivity index (χ0n) is 18.0. The minimum absolute atomic E-state index is 0.193. The number of sulfonamides is 1. The van der Waals surface area contributed by atoms with Gasteiger partial charge in [-0.2, -0.15) is 0 Å². The summed E-state index contributed by atoms with van der Waals surface area (Å²) in [6.45, 7) is 5.24. The maximum atomic E-state index is 13.2. The standard InChI is InChI=1S/C22H29N3O4S/c1-16-11-12-20(13-17(16)2)25(30(5,28)29)15-21(26)24(18(3)22(27)23-4)14-19-9-7-6-8-10-19/h6-13,18H,14-15H2,1-5H3,(H,23,27)/t18-/m1/s1. The molecule has 1 atom stereocenters. The fourth-order valence-electron chi connectivity index (χ4n) is 3.07. The highest BCUT2D eigenvalue weighted by atomic mass is 32.2. The Balaban J connectivity index is 2.38. The number of likely N-dealkylation sites (N-methyl/N-ethyl adjacent to an activating group) is 1. The van der Waals surface area contributed by atoms with Gasteiger partial charge in [-0.1, -0.05) is 36.4 Å². The highest BCUT2D eigenvalue weighted by Crippen LogP contribution is 2.22. The highest BCUT2D eigenvalue weighted by molar-refractivity contribution is 7.92. The molecule has 2 amide bonds. The molecule has 2 aromatic carbocycles. The van der Waals surface area contributed by atoms with Crippen molar-refractivity contribution in [2.75, 3.05) is 24.2 Å². The molecule has 0 bridgehead atoms. The molecule has 0 aromatic heterocycles. The largest absolute Gasteiger partial charge is 0.357 e. The second kappa shape index (κ2) is 9.75. The third kappa shape index (κ3) is 5.82. The number of amides is 2. The van der Waals surface area contributed by atoms with Crippen molar-refractivity contribution in [2.45, 2.75) is 33.4 Å². The molecule has 7 nitrogen and oxygen atoms in total. The van der Waals surface area contributed by atoms with E-state index in [1.165, 1.54) is 11.9 Å². The Bertz CT molecular complexity index is 1010. The number of hydrogen-bond donors (Lipinski definition) is 1. The van der Waals surface area contributed by atoms with Crippen molar-refractivity contribution in [1.29, 1.82) is 0 Å². The van der Waals surface area contributed by atoms with E-state index in [-0.39, 0.29) is 12.5 Å². The SMILES string of the molecule is CNC(=O)[C@@H](C)N(Cc1ccccc1)C(=O)CN(c1ccc(C)c(C)c1)S(C)(=O)=O. The van der Waals surface area contributed by atoms with Crippen molar-refractivity contribution in [2.24, 2.45) is 0 Å². The smallest absolute Gasteiger partial charge is 0.244 e. The van der Waals surface area contributed by atoms with Crippen LogP contribution in [0.5, 0.6) is 0 Å². The predicted octanol–water partition coefficient (Wildman–Crippen LogP) is 2.23. The lowest BCUT2D eigenvalue weighted by Crippen LogP contribution is -2.50. The van der Waals surface area contributed by atoms with Gasteiger partial charge in [0.15, 0.2) is 0 Å². The molecular formula is C22H29N3O4S. The van der Waals surface area contributed by atoms with Crippen LogP contribution in [0.2, 0.25) is 0 Å². The summed E-state index contributed by atoms with van der Waals surface area (Å²) in [4.78, 5) is 26.9. The Labute approximate surface area is 178 Å². The van der Waals surface area contributed by atoms with Crippen molar-refractivity contribution in [3.05, 3.63) is 65.2 Å². The minimum atomic E-state index is -3.72. The van der Waals surface area contributed by atoms with Gasteiger partial charge in [0.2, 0.25) is 21.8 Å². The first-order chi connectivity index (χ1) is 14.0. The number of hydrogen-bond acceptors (Lipinski definition) is 4. The molecule has 0 heterocycles. The maximum Gasteiger partial charge on any atom is 0.244 e. The van der Waals surface area contributed by atoms with Crippen molar-refractivity contribution >= 4 is 27.5 Å². The molecule has 0 spiro atoms. The van der Waals surface area contributed by atoms with Gasteiger partial charge >= 0.3 is 0 Å². The van der Waals surface area contributed by atoms with Crippen LogP contribution in [0.25, 0.3) is 0 Å². The molecule has 2 aromatic rings. The van der Waals surface area contributed by atoms with Crippen molar-refractivity contribution in [3.8, 4) is 0 Å². The van der Waals surface area contributed by atoms with Gasteiger partial charge in [-0.15, -0.1) is 0 Å². The van der Waals surface area contributed by atoms with Crippen molar-refractivity contribution in [3.63, 3.8) is 0 Å². The first-order valence-corrected chi connectivity index (χ1v) is 11.5. The van der Waals surface area contributed by atoms with Gasteiger partial charge in [-0.3, -0.25) is 13.9 Å². The summed E-state index contributed by atoms with van der Waals surface area (Å²) in [5, 5.41) is 2.55. The second-order valence-corrected chi connectivity index (χ2v) is 9.24. The number of benzene rings is 2. The zero-order valence-corrected chi connectivity index (χ0v) is 18.9. The van der Waals surface area contributed by atoms with Gasteiger partial charge < -0.3 is 10.2 Å². The van der Waals surface area contributed by atoms with Crippen LogP contribution in [0, 0.1) is 13.8 Å². The summed E-state index contributed by atoms with van der Waals surface area (Å²) in [6, 6.07) is 13.8. The van der Waals surface area contributed by atoms with Crippen molar-refractivity contribution in [1.82, 2.24) is 10.2 Å². The van der Waals surface area contributed by atoms with Gasteiger partial charge in [0.25, 0.3) is 0 Å². The molecule has 0 aliphatic rings. The number of anilines is 1. The molecule has 162 valence electrons. The van der Waals surface area contributed by atoms with E-state index in [0.717, 1.165) is 27.3 Å². The lowest BCUT2D eigenvalue weighted by Gasteiger charge is -2.31. The number of nitrogens with zero attached hydrogens (tertiary/aromatic N) is 2. The van der Waals surface area contributed by atoms with Crippen LogP contribution in [0.3, 0.4) is 0 Å². The zero-order chi connectivity index (χ0) is 22.5. The Morgan fingerprint density at radius 1 is 1.03 bits per heavy atom. The summed E-state index contributed by atoms with van der Waals surface area (Å²) in [5.74, 6) is -0.782. The fraction of sp³-hybridized carbons (Fsp3) is 0.364. The van der Waals surface area contributed by atoms with Gasteiger partial charge in [0.05, 0.1) is 11.9 Å². The van der Waals surface area contributed by atoms with Crippen LogP contribution in [0.1, 0.15) is 23.6 Å². The van der Waals surface area contributed by atoms with Gasteiger partial charge in [-0.25, -0.2) is 8.42 Å². The van der Waals surface area contributed by atoms with E-state index in [9.17, 15) is 18.0 Å². The van der Waals surface area contributed by atoms with E-state index in [2.05, 4.69) is 5.32 Å². The number of nitrogens with one attached hydrogen (secondary N) is 1. The Morgan fingerprint density at radius 3 is 2.20 bits per heavy atom. The molecule has 0 saturated heterocycles. The summed E-state index contributed by atoms with van der Waals surface area (Å²) in [6.07, 6.45) is 1.07. The van der Waals surface area contributed by atoms with Gasteiger partial charge in [-0.05, 0) is 49.6 Å². The molecule has 1 N–H and O–H groups in total. The molecule has 0 aliphatic carbocycles. The first kappa shape index (κ1) is 23.4. The lowest BCUT2D eigenvalue weighted by molar-refractivity contribution is -0.139. The van der Waals surface area contributed by atoms with Gasteiger partial charge in [0, 0.05) is 13.6 Å². The number of aryl methyl sites for hydroxylation is 2. The van der Waals surface area contributed by atoms with Crippen LogP contribution in [-0.2, 0) is 26.2 Å². The Morgan fingerprint density at radius 2 is 1.67 bits per heavy atom. The van der Waals surface area contributed by atoms with E-state index < -0.39 is 28.5 Å². The molecule has 0 radical (unpaired) electrons. The molecular weight excluding hydrogens is 402 g/mol. The molecule has 0 fully saturated rings. The molecule has 0 saturated carbocycles. The predicted molar refractivity (Wildman–Crippen MR) is 119 cm³/mol. The van der Waals surface area contributed by atoms with Gasteiger partial charge in [0.1, 0.15) is 12.6 Å². The van der Waals surface area contributed by atoms with E-state index in [1.807, 2.05) is 50.2 Å². The summed E-state index contributed by atoms with van der Waals surface area (Å²) in [7, 11) is -2.21. The Hall–Kier alpha value is -2.87. The number of rotatable bonds is 8. The number of carbonyl (C=O) groups excluding carboxylic acids is 2. The average Bonchev–Trinajstić information content (AvgIpc) is 2.71. The third-order valence-electron chi connectivity index (χ3n) is 5.07.